The summed E-state index contributed by atoms with van der Waals surface area (Å²) in [5.74, 6) is -0.224. The third-order valence-electron chi connectivity index (χ3n) is 2.69. The average Bonchev–Trinajstić information content (AvgIpc) is 2.85. The zero-order valence-corrected chi connectivity index (χ0v) is 11.1. The van der Waals surface area contributed by atoms with Crippen LogP contribution >= 0.6 is 0 Å². The van der Waals surface area contributed by atoms with Gasteiger partial charge in [-0.3, -0.25) is 10.8 Å². The van der Waals surface area contributed by atoms with Gasteiger partial charge < -0.3 is 10.3 Å². The summed E-state index contributed by atoms with van der Waals surface area (Å²) in [6.07, 6.45) is 3.33. The summed E-state index contributed by atoms with van der Waals surface area (Å²) in [5, 5.41) is 19.7. The number of anilines is 1. The van der Waals surface area contributed by atoms with Crippen molar-refractivity contribution in [3.8, 4) is 11.8 Å². The quantitative estimate of drug-likeness (QED) is 0.449. The van der Waals surface area contributed by atoms with Crippen LogP contribution in [0, 0.1) is 29.5 Å². The van der Waals surface area contributed by atoms with Gasteiger partial charge in [-0.15, -0.1) is 0 Å². The smallest absolute Gasteiger partial charge is 0.201 e. The van der Waals surface area contributed by atoms with Gasteiger partial charge in [0, 0.05) is 18.5 Å². The van der Waals surface area contributed by atoms with E-state index in [9.17, 15) is 4.39 Å². The SMILES string of the molecule is Cc1nccn1-c1ccc(F)cc1N/N=C(\C#N)C(=N)N. The van der Waals surface area contributed by atoms with Crippen LogP contribution < -0.4 is 11.2 Å². The number of nitrogens with one attached hydrogen (secondary N) is 2. The van der Waals surface area contributed by atoms with Gasteiger partial charge in [0.05, 0.1) is 11.4 Å². The Bertz CT molecular complexity index is 754. The highest BCUT2D eigenvalue weighted by atomic mass is 19.1. The molecule has 1 aromatic heterocycles. The van der Waals surface area contributed by atoms with Crippen LogP contribution in [0.3, 0.4) is 0 Å². The molecule has 0 saturated heterocycles. The van der Waals surface area contributed by atoms with Gasteiger partial charge in [-0.25, -0.2) is 9.37 Å². The van der Waals surface area contributed by atoms with E-state index in [0.29, 0.717) is 17.2 Å². The van der Waals surface area contributed by atoms with Gasteiger partial charge in [0.1, 0.15) is 17.7 Å². The van der Waals surface area contributed by atoms with Crippen LogP contribution in [0.2, 0.25) is 0 Å². The molecule has 0 saturated carbocycles. The standard InChI is InChI=1S/C13H12FN7/c1-8-18-4-5-21(8)12-3-2-9(14)6-10(12)19-20-11(7-15)13(16)17/h2-6,19H,1H3,(H3,16,17)/b20-11+. The second-order valence-corrected chi connectivity index (χ2v) is 4.10. The van der Waals surface area contributed by atoms with Crippen molar-refractivity contribution in [2.45, 2.75) is 6.92 Å². The molecule has 0 unspecified atom stereocenters. The molecule has 0 aliphatic rings. The second-order valence-electron chi connectivity index (χ2n) is 4.10. The van der Waals surface area contributed by atoms with Gasteiger partial charge in [-0.2, -0.15) is 10.4 Å². The molecule has 0 atom stereocenters. The number of aryl methyl sites for hydroxylation is 1. The van der Waals surface area contributed by atoms with Gasteiger partial charge >= 0.3 is 0 Å². The maximum atomic E-state index is 13.4. The number of aromatic nitrogens is 2. The lowest BCUT2D eigenvalue weighted by molar-refractivity contribution is 0.628. The summed E-state index contributed by atoms with van der Waals surface area (Å²) in [4.78, 5) is 4.10. The Morgan fingerprint density at radius 3 is 2.90 bits per heavy atom. The zero-order chi connectivity index (χ0) is 15.4. The second kappa shape index (κ2) is 5.83. The van der Waals surface area contributed by atoms with Crippen LogP contribution in [-0.4, -0.2) is 21.1 Å². The Morgan fingerprint density at radius 2 is 2.33 bits per heavy atom. The first-order valence-corrected chi connectivity index (χ1v) is 5.91. The molecule has 4 N–H and O–H groups in total. The Kier molecular flexibility index (Phi) is 3.95. The van der Waals surface area contributed by atoms with Crippen molar-refractivity contribution in [3.05, 3.63) is 42.2 Å². The number of nitrogens with two attached hydrogens (primary N) is 1. The molecule has 0 amide bonds. The van der Waals surface area contributed by atoms with Crippen molar-refractivity contribution in [2.75, 3.05) is 5.43 Å². The van der Waals surface area contributed by atoms with E-state index in [0.717, 1.165) is 0 Å². The van der Waals surface area contributed by atoms with Crippen molar-refractivity contribution in [1.29, 1.82) is 10.7 Å². The topological polar surface area (TPSA) is 116 Å². The van der Waals surface area contributed by atoms with Crippen molar-refractivity contribution < 1.29 is 4.39 Å². The predicted octanol–water partition coefficient (Wildman–Crippen LogP) is 1.55. The maximum absolute atomic E-state index is 13.4. The predicted molar refractivity (Wildman–Crippen MR) is 76.8 cm³/mol. The Hall–Kier alpha value is -3.21. The highest BCUT2D eigenvalue weighted by molar-refractivity contribution is 6.45. The molecule has 0 bridgehead atoms. The average molecular weight is 285 g/mol. The maximum Gasteiger partial charge on any atom is 0.201 e. The Balaban J connectivity index is 2.44. The van der Waals surface area contributed by atoms with E-state index in [2.05, 4.69) is 15.5 Å². The van der Waals surface area contributed by atoms with E-state index in [-0.39, 0.29) is 5.71 Å². The number of amidine groups is 1. The normalized spacial score (nSPS) is 11.0. The molecule has 21 heavy (non-hydrogen) atoms. The van der Waals surface area contributed by atoms with E-state index >= 15 is 0 Å². The van der Waals surface area contributed by atoms with E-state index in [4.69, 9.17) is 16.4 Å². The summed E-state index contributed by atoms with van der Waals surface area (Å²) >= 11 is 0. The molecule has 0 radical (unpaired) electrons. The van der Waals surface area contributed by atoms with Crippen LogP contribution in [0.4, 0.5) is 10.1 Å². The number of rotatable bonds is 4. The van der Waals surface area contributed by atoms with Gasteiger partial charge in [-0.1, -0.05) is 0 Å². The minimum absolute atomic E-state index is 0.285. The van der Waals surface area contributed by atoms with Gasteiger partial charge in [-0.05, 0) is 19.1 Å². The number of hydrogen-bond acceptors (Lipinski definition) is 5. The van der Waals surface area contributed by atoms with Gasteiger partial charge in [0.25, 0.3) is 0 Å². The fourth-order valence-electron chi connectivity index (χ4n) is 1.70. The first-order chi connectivity index (χ1) is 10.0. The minimum atomic E-state index is -0.471. The lowest BCUT2D eigenvalue weighted by atomic mass is 10.2. The first kappa shape index (κ1) is 14.2. The molecule has 106 valence electrons. The number of nitriles is 1. The summed E-state index contributed by atoms with van der Waals surface area (Å²) in [5.41, 5.74) is 8.40. The number of nitrogens with zero attached hydrogens (tertiary/aromatic N) is 4. The molecule has 7 nitrogen and oxygen atoms in total. The number of imidazole rings is 1. The fraction of sp³-hybridized carbons (Fsp3) is 0.0769. The minimum Gasteiger partial charge on any atom is -0.382 e. The molecule has 0 aliphatic carbocycles. The first-order valence-electron chi connectivity index (χ1n) is 5.91. The number of halogens is 1. The Labute approximate surface area is 120 Å². The molecular formula is C13H12FN7. The van der Waals surface area contributed by atoms with Crippen LogP contribution in [0.1, 0.15) is 5.82 Å². The number of hydrazone groups is 1. The van der Waals surface area contributed by atoms with Crippen LogP contribution in [0.25, 0.3) is 5.69 Å². The molecule has 1 heterocycles. The molecule has 2 aromatic rings. The summed E-state index contributed by atoms with van der Waals surface area (Å²) in [6.45, 7) is 1.80. The highest BCUT2D eigenvalue weighted by Crippen LogP contribution is 2.22. The summed E-state index contributed by atoms with van der Waals surface area (Å²) < 4.78 is 15.1. The summed E-state index contributed by atoms with van der Waals surface area (Å²) in [6, 6.07) is 5.77. The van der Waals surface area contributed by atoms with Crippen molar-refractivity contribution in [2.24, 2.45) is 10.8 Å². The van der Waals surface area contributed by atoms with E-state index < -0.39 is 11.7 Å². The third kappa shape index (κ3) is 3.03. The number of benzene rings is 1. The van der Waals surface area contributed by atoms with Crippen LogP contribution in [-0.2, 0) is 0 Å². The molecule has 0 fully saturated rings. The monoisotopic (exact) mass is 285 g/mol. The lowest BCUT2D eigenvalue weighted by Gasteiger charge is -2.11. The molecule has 2 rings (SSSR count). The highest BCUT2D eigenvalue weighted by Gasteiger charge is 2.09. The molecular weight excluding hydrogens is 273 g/mol. The van der Waals surface area contributed by atoms with Gasteiger partial charge in [0.15, 0.2) is 5.84 Å². The van der Waals surface area contributed by atoms with Crippen molar-refractivity contribution in [3.63, 3.8) is 0 Å². The lowest BCUT2D eigenvalue weighted by Crippen LogP contribution is -2.22. The zero-order valence-electron chi connectivity index (χ0n) is 11.1. The summed E-state index contributed by atoms with van der Waals surface area (Å²) in [7, 11) is 0. The fourth-order valence-corrected chi connectivity index (χ4v) is 1.70. The number of hydrogen-bond donors (Lipinski definition) is 3. The van der Waals surface area contributed by atoms with E-state index in [1.54, 1.807) is 36.0 Å². The van der Waals surface area contributed by atoms with Gasteiger partial charge in [0.2, 0.25) is 5.71 Å². The van der Waals surface area contributed by atoms with E-state index in [1.165, 1.54) is 12.1 Å². The third-order valence-corrected chi connectivity index (χ3v) is 2.69. The van der Waals surface area contributed by atoms with Crippen LogP contribution in [0.15, 0.2) is 35.7 Å². The molecule has 0 aliphatic heterocycles. The van der Waals surface area contributed by atoms with Crippen LogP contribution in [0.5, 0.6) is 0 Å². The van der Waals surface area contributed by atoms with Crippen molar-refractivity contribution >= 4 is 17.2 Å². The largest absolute Gasteiger partial charge is 0.382 e. The van der Waals surface area contributed by atoms with Crippen molar-refractivity contribution in [1.82, 2.24) is 9.55 Å². The Morgan fingerprint density at radius 1 is 1.57 bits per heavy atom. The molecule has 8 heteroatoms. The molecule has 1 aromatic carbocycles. The van der Waals surface area contributed by atoms with E-state index in [1.807, 2.05) is 0 Å². The molecule has 0 spiro atoms.